The molecular formula is C17H28N4. The minimum Gasteiger partial charge on any atom is -0.357 e. The van der Waals surface area contributed by atoms with Crippen LogP contribution >= 0.6 is 0 Å². The normalized spacial score (nSPS) is 15.2. The Labute approximate surface area is 128 Å². The molecule has 0 saturated heterocycles. The molecular weight excluding hydrogens is 260 g/mol. The van der Waals surface area contributed by atoms with Crippen molar-refractivity contribution >= 4 is 5.96 Å². The largest absolute Gasteiger partial charge is 0.357 e. The first-order valence-corrected chi connectivity index (χ1v) is 7.98. The molecule has 21 heavy (non-hydrogen) atoms. The minimum atomic E-state index is 0.873. The summed E-state index contributed by atoms with van der Waals surface area (Å²) >= 11 is 0. The van der Waals surface area contributed by atoms with E-state index in [1.807, 2.05) is 0 Å². The maximum atomic E-state index is 4.77. The van der Waals surface area contributed by atoms with Gasteiger partial charge in [0, 0.05) is 39.1 Å². The van der Waals surface area contributed by atoms with Gasteiger partial charge in [-0.25, -0.2) is 0 Å². The molecule has 0 fully saturated rings. The fourth-order valence-electron chi connectivity index (χ4n) is 2.72. The smallest absolute Gasteiger partial charge is 0.194 e. The zero-order valence-electron chi connectivity index (χ0n) is 13.6. The summed E-state index contributed by atoms with van der Waals surface area (Å²) in [5.41, 5.74) is 2.88. The van der Waals surface area contributed by atoms with E-state index in [2.05, 4.69) is 60.2 Å². The highest BCUT2D eigenvalue weighted by Gasteiger charge is 2.09. The molecule has 2 rings (SSSR count). The lowest BCUT2D eigenvalue weighted by Crippen LogP contribution is -2.38. The van der Waals surface area contributed by atoms with Crippen molar-refractivity contribution in [3.05, 3.63) is 35.7 Å². The van der Waals surface area contributed by atoms with Crippen LogP contribution in [0, 0.1) is 0 Å². The highest BCUT2D eigenvalue weighted by atomic mass is 15.3. The highest BCUT2D eigenvalue weighted by molar-refractivity contribution is 5.79. The van der Waals surface area contributed by atoms with Crippen LogP contribution in [-0.2, 0) is 13.6 Å². The molecule has 116 valence electrons. The van der Waals surface area contributed by atoms with Gasteiger partial charge in [0.2, 0.25) is 0 Å². The zero-order chi connectivity index (χ0) is 15.1. The number of nitrogens with zero attached hydrogens (tertiary/aromatic N) is 3. The number of aromatic nitrogens is 1. The monoisotopic (exact) mass is 288 g/mol. The van der Waals surface area contributed by atoms with E-state index in [1.165, 1.54) is 25.0 Å². The van der Waals surface area contributed by atoms with Crippen molar-refractivity contribution in [1.29, 1.82) is 0 Å². The third-order valence-electron chi connectivity index (χ3n) is 3.98. The van der Waals surface area contributed by atoms with Crippen LogP contribution in [0.3, 0.4) is 0 Å². The molecule has 0 aromatic carbocycles. The number of aliphatic imine (C=N–C) groups is 1. The van der Waals surface area contributed by atoms with Crippen molar-refractivity contribution in [1.82, 2.24) is 14.8 Å². The van der Waals surface area contributed by atoms with Gasteiger partial charge in [-0.2, -0.15) is 0 Å². The second-order valence-corrected chi connectivity index (χ2v) is 5.71. The summed E-state index contributed by atoms with van der Waals surface area (Å²) in [6.07, 6.45) is 9.42. The number of rotatable bonds is 6. The van der Waals surface area contributed by atoms with Gasteiger partial charge in [0.05, 0.1) is 6.54 Å². The molecule has 1 aliphatic rings. The van der Waals surface area contributed by atoms with E-state index in [9.17, 15) is 0 Å². The molecule has 4 heteroatoms. The number of allylic oxidation sites excluding steroid dienone is 1. The molecule has 0 atom stereocenters. The summed E-state index contributed by atoms with van der Waals surface area (Å²) in [6, 6.07) is 4.24. The van der Waals surface area contributed by atoms with Gasteiger partial charge in [0.15, 0.2) is 5.96 Å². The van der Waals surface area contributed by atoms with Gasteiger partial charge in [-0.05, 0) is 44.7 Å². The number of hydrogen-bond acceptors (Lipinski definition) is 1. The summed E-state index contributed by atoms with van der Waals surface area (Å²) in [4.78, 5) is 6.96. The van der Waals surface area contributed by atoms with Crippen LogP contribution in [0.2, 0.25) is 0 Å². The van der Waals surface area contributed by atoms with Crippen molar-refractivity contribution in [2.75, 3.05) is 20.1 Å². The molecule has 0 radical (unpaired) electrons. The molecule has 4 nitrogen and oxygen atoms in total. The van der Waals surface area contributed by atoms with Gasteiger partial charge in [0.25, 0.3) is 0 Å². The number of aryl methyl sites for hydroxylation is 1. The third-order valence-corrected chi connectivity index (χ3v) is 3.98. The maximum absolute atomic E-state index is 4.77. The Morgan fingerprint density at radius 2 is 2.33 bits per heavy atom. The van der Waals surface area contributed by atoms with Crippen LogP contribution in [0.15, 0.2) is 35.0 Å². The van der Waals surface area contributed by atoms with E-state index in [0.29, 0.717) is 0 Å². The molecule has 1 heterocycles. The molecule has 0 unspecified atom stereocenters. The second kappa shape index (κ2) is 7.91. The summed E-state index contributed by atoms with van der Waals surface area (Å²) in [5, 5.41) is 3.39. The predicted octanol–water partition coefficient (Wildman–Crippen LogP) is 2.92. The molecule has 0 amide bonds. The van der Waals surface area contributed by atoms with Crippen LogP contribution in [0.1, 0.15) is 38.3 Å². The average Bonchev–Trinajstić information content (AvgIpc) is 3.10. The van der Waals surface area contributed by atoms with Gasteiger partial charge >= 0.3 is 0 Å². The Morgan fingerprint density at radius 1 is 1.48 bits per heavy atom. The van der Waals surface area contributed by atoms with Crippen LogP contribution in [0.25, 0.3) is 0 Å². The molecule has 0 aliphatic heterocycles. The van der Waals surface area contributed by atoms with Crippen LogP contribution in [0.5, 0.6) is 0 Å². The van der Waals surface area contributed by atoms with Crippen molar-refractivity contribution in [3.8, 4) is 0 Å². The average molecular weight is 288 g/mol. The number of guanidine groups is 1. The Balaban J connectivity index is 1.91. The van der Waals surface area contributed by atoms with Crippen molar-refractivity contribution in [2.24, 2.45) is 12.0 Å². The van der Waals surface area contributed by atoms with Crippen molar-refractivity contribution < 1.29 is 0 Å². The summed E-state index contributed by atoms with van der Waals surface area (Å²) < 4.78 is 2.16. The molecule has 1 N–H and O–H groups in total. The SMILES string of the molecule is CCNC(=NCCC1=CCCC1)N(C)Cc1cccn1C. The first kappa shape index (κ1) is 15.7. The first-order valence-electron chi connectivity index (χ1n) is 7.98. The zero-order valence-corrected chi connectivity index (χ0v) is 13.6. The molecule has 1 aromatic heterocycles. The predicted molar refractivity (Wildman–Crippen MR) is 89.4 cm³/mol. The van der Waals surface area contributed by atoms with Crippen molar-refractivity contribution in [3.63, 3.8) is 0 Å². The van der Waals surface area contributed by atoms with Crippen LogP contribution in [-0.4, -0.2) is 35.6 Å². The highest BCUT2D eigenvalue weighted by Crippen LogP contribution is 2.20. The van der Waals surface area contributed by atoms with E-state index in [1.54, 1.807) is 5.57 Å². The fourth-order valence-corrected chi connectivity index (χ4v) is 2.72. The quantitative estimate of drug-likeness (QED) is 0.496. The molecule has 1 aromatic rings. The van der Waals surface area contributed by atoms with Crippen LogP contribution < -0.4 is 5.32 Å². The van der Waals surface area contributed by atoms with Gasteiger partial charge in [-0.15, -0.1) is 0 Å². The van der Waals surface area contributed by atoms with E-state index >= 15 is 0 Å². The Kier molecular flexibility index (Phi) is 5.90. The molecule has 0 bridgehead atoms. The number of nitrogens with one attached hydrogen (secondary N) is 1. The topological polar surface area (TPSA) is 32.6 Å². The summed E-state index contributed by atoms with van der Waals surface area (Å²) in [5.74, 6) is 0.997. The van der Waals surface area contributed by atoms with E-state index in [0.717, 1.165) is 32.0 Å². The summed E-state index contributed by atoms with van der Waals surface area (Å²) in [6.45, 7) is 4.77. The lowest BCUT2D eigenvalue weighted by Gasteiger charge is -2.22. The fraction of sp³-hybridized carbons (Fsp3) is 0.588. The first-order chi connectivity index (χ1) is 10.2. The van der Waals surface area contributed by atoms with Crippen molar-refractivity contribution in [2.45, 2.75) is 39.2 Å². The lowest BCUT2D eigenvalue weighted by atomic mass is 10.2. The minimum absolute atomic E-state index is 0.873. The molecule has 0 saturated carbocycles. The van der Waals surface area contributed by atoms with Crippen LogP contribution in [0.4, 0.5) is 0 Å². The van der Waals surface area contributed by atoms with E-state index in [4.69, 9.17) is 4.99 Å². The van der Waals surface area contributed by atoms with E-state index in [-0.39, 0.29) is 0 Å². The summed E-state index contributed by atoms with van der Waals surface area (Å²) in [7, 11) is 4.18. The lowest BCUT2D eigenvalue weighted by molar-refractivity contribution is 0.462. The second-order valence-electron chi connectivity index (χ2n) is 5.71. The molecule has 0 spiro atoms. The Bertz CT molecular complexity index is 499. The standard InChI is InChI=1S/C17H28N4/c1-4-18-17(19-12-11-15-8-5-6-9-15)21(3)14-16-10-7-13-20(16)2/h7-8,10,13H,4-6,9,11-12,14H2,1-3H3,(H,18,19). The third kappa shape index (κ3) is 4.66. The molecule has 1 aliphatic carbocycles. The van der Waals surface area contributed by atoms with Gasteiger partial charge < -0.3 is 14.8 Å². The van der Waals surface area contributed by atoms with Gasteiger partial charge in [-0.1, -0.05) is 11.6 Å². The van der Waals surface area contributed by atoms with Gasteiger partial charge in [-0.3, -0.25) is 4.99 Å². The number of hydrogen-bond donors (Lipinski definition) is 1. The Morgan fingerprint density at radius 3 is 2.95 bits per heavy atom. The maximum Gasteiger partial charge on any atom is 0.194 e. The van der Waals surface area contributed by atoms with E-state index < -0.39 is 0 Å². The van der Waals surface area contributed by atoms with Gasteiger partial charge in [0.1, 0.15) is 0 Å². The Hall–Kier alpha value is -1.71.